The van der Waals surface area contributed by atoms with Crippen LogP contribution in [0.25, 0.3) is 0 Å². The quantitative estimate of drug-likeness (QED) is 0.898. The smallest absolute Gasteiger partial charge is 0.321 e. The molecule has 0 aliphatic heterocycles. The van der Waals surface area contributed by atoms with E-state index in [4.69, 9.17) is 5.73 Å². The number of nitrogens with two attached hydrogens (primary N) is 1. The largest absolute Gasteiger partial charge is 0.416 e. The molecule has 2 aromatic carbocycles. The molecule has 2 aromatic rings. The Labute approximate surface area is 116 Å². The number of hydrogen-bond donors (Lipinski definition) is 1. The second-order valence-corrected chi connectivity index (χ2v) is 5.16. The average Bonchev–Trinajstić information content (AvgIpc) is 2.38. The lowest BCUT2D eigenvalue weighted by Gasteiger charge is -2.25. The van der Waals surface area contributed by atoms with Gasteiger partial charge in [0.2, 0.25) is 0 Å². The molecule has 0 aromatic heterocycles. The molecule has 0 amide bonds. The summed E-state index contributed by atoms with van der Waals surface area (Å²) < 4.78 is 38.1. The normalized spacial score (nSPS) is 14.8. The van der Waals surface area contributed by atoms with Gasteiger partial charge in [0, 0.05) is 5.54 Å². The molecule has 0 aliphatic rings. The molecule has 1 atom stereocenters. The lowest BCUT2D eigenvalue weighted by Crippen LogP contribution is -2.35. The van der Waals surface area contributed by atoms with E-state index in [9.17, 15) is 13.2 Å². The molecule has 0 saturated heterocycles. The minimum Gasteiger partial charge on any atom is -0.321 e. The minimum atomic E-state index is -4.33. The summed E-state index contributed by atoms with van der Waals surface area (Å²) in [4.78, 5) is 0. The number of benzene rings is 2. The van der Waals surface area contributed by atoms with Gasteiger partial charge in [-0.05, 0) is 30.5 Å². The number of hydrogen-bond acceptors (Lipinski definition) is 1. The van der Waals surface area contributed by atoms with Gasteiger partial charge in [0.1, 0.15) is 0 Å². The first-order valence-corrected chi connectivity index (χ1v) is 6.29. The Balaban J connectivity index is 2.26. The van der Waals surface area contributed by atoms with Crippen molar-refractivity contribution in [3.05, 3.63) is 71.3 Å². The van der Waals surface area contributed by atoms with Crippen LogP contribution in [0.15, 0.2) is 54.6 Å². The van der Waals surface area contributed by atoms with Crippen molar-refractivity contribution in [1.29, 1.82) is 0 Å². The van der Waals surface area contributed by atoms with E-state index in [0.717, 1.165) is 17.7 Å². The Morgan fingerprint density at radius 3 is 2.10 bits per heavy atom. The van der Waals surface area contributed by atoms with Crippen LogP contribution in [-0.4, -0.2) is 0 Å². The van der Waals surface area contributed by atoms with Crippen LogP contribution in [0.3, 0.4) is 0 Å². The third-order valence-electron chi connectivity index (χ3n) is 3.26. The number of alkyl halides is 3. The summed E-state index contributed by atoms with van der Waals surface area (Å²) in [5.74, 6) is 0. The van der Waals surface area contributed by atoms with Gasteiger partial charge in [-0.25, -0.2) is 0 Å². The molecule has 1 nitrogen and oxygen atoms in total. The lowest BCUT2D eigenvalue weighted by atomic mass is 9.86. The van der Waals surface area contributed by atoms with Crippen molar-refractivity contribution in [3.8, 4) is 0 Å². The highest BCUT2D eigenvalue weighted by Crippen LogP contribution is 2.31. The Kier molecular flexibility index (Phi) is 3.86. The zero-order chi connectivity index (χ0) is 14.8. The van der Waals surface area contributed by atoms with E-state index in [-0.39, 0.29) is 0 Å². The van der Waals surface area contributed by atoms with Crippen molar-refractivity contribution < 1.29 is 13.2 Å². The van der Waals surface area contributed by atoms with Gasteiger partial charge in [0.25, 0.3) is 0 Å². The van der Waals surface area contributed by atoms with Gasteiger partial charge < -0.3 is 5.73 Å². The fourth-order valence-electron chi connectivity index (χ4n) is 2.20. The topological polar surface area (TPSA) is 26.0 Å². The van der Waals surface area contributed by atoms with Gasteiger partial charge in [-0.1, -0.05) is 48.5 Å². The highest BCUT2D eigenvalue weighted by atomic mass is 19.4. The molecular weight excluding hydrogens is 263 g/mol. The van der Waals surface area contributed by atoms with E-state index < -0.39 is 17.3 Å². The molecule has 1 unspecified atom stereocenters. The number of halogens is 3. The second-order valence-electron chi connectivity index (χ2n) is 5.16. The van der Waals surface area contributed by atoms with Gasteiger partial charge in [0.15, 0.2) is 0 Å². The first-order valence-electron chi connectivity index (χ1n) is 6.29. The van der Waals surface area contributed by atoms with E-state index in [1.54, 1.807) is 6.07 Å². The summed E-state index contributed by atoms with van der Waals surface area (Å²) in [5.41, 5.74) is 6.38. The molecule has 2 rings (SSSR count). The highest BCUT2D eigenvalue weighted by Gasteiger charge is 2.31. The molecular formula is C16H16F3N. The summed E-state index contributed by atoms with van der Waals surface area (Å²) in [6.45, 7) is 1.82. The van der Waals surface area contributed by atoms with Gasteiger partial charge >= 0.3 is 6.18 Å². The Bertz CT molecular complexity index is 574. The fraction of sp³-hybridized carbons (Fsp3) is 0.250. The Hall–Kier alpha value is -1.81. The zero-order valence-corrected chi connectivity index (χ0v) is 11.1. The van der Waals surface area contributed by atoms with Gasteiger partial charge in [-0.3, -0.25) is 0 Å². The maximum Gasteiger partial charge on any atom is 0.416 e. The molecule has 0 saturated carbocycles. The van der Waals surface area contributed by atoms with Crippen molar-refractivity contribution in [1.82, 2.24) is 0 Å². The van der Waals surface area contributed by atoms with Crippen LogP contribution < -0.4 is 5.73 Å². The molecule has 0 fully saturated rings. The van der Waals surface area contributed by atoms with E-state index in [2.05, 4.69) is 0 Å². The lowest BCUT2D eigenvalue weighted by molar-refractivity contribution is -0.137. The Morgan fingerprint density at radius 1 is 0.900 bits per heavy atom. The van der Waals surface area contributed by atoms with Crippen molar-refractivity contribution in [2.24, 2.45) is 5.73 Å². The minimum absolute atomic E-state index is 0.348. The standard InChI is InChI=1S/C16H16F3N/c1-15(20,13-7-3-2-4-8-13)11-12-6-5-9-14(10-12)16(17,18)19/h2-10H,11,20H2,1H3. The third-order valence-corrected chi connectivity index (χ3v) is 3.26. The zero-order valence-electron chi connectivity index (χ0n) is 11.1. The predicted octanol–water partition coefficient (Wildman–Crippen LogP) is 4.12. The highest BCUT2D eigenvalue weighted by molar-refractivity contribution is 5.30. The average molecular weight is 279 g/mol. The third kappa shape index (κ3) is 3.39. The predicted molar refractivity (Wildman–Crippen MR) is 73.1 cm³/mol. The monoisotopic (exact) mass is 279 g/mol. The summed E-state index contributed by atoms with van der Waals surface area (Å²) in [6.07, 6.45) is -3.98. The number of rotatable bonds is 3. The molecule has 106 valence electrons. The molecule has 20 heavy (non-hydrogen) atoms. The van der Waals surface area contributed by atoms with Crippen LogP contribution in [0.2, 0.25) is 0 Å². The first kappa shape index (κ1) is 14.6. The Morgan fingerprint density at radius 2 is 1.50 bits per heavy atom. The molecule has 0 aliphatic carbocycles. The van der Waals surface area contributed by atoms with Crippen molar-refractivity contribution in [2.75, 3.05) is 0 Å². The fourth-order valence-corrected chi connectivity index (χ4v) is 2.20. The first-order chi connectivity index (χ1) is 9.29. The molecule has 4 heteroatoms. The van der Waals surface area contributed by atoms with Gasteiger partial charge in [-0.15, -0.1) is 0 Å². The van der Waals surface area contributed by atoms with Crippen LogP contribution in [0.5, 0.6) is 0 Å². The van der Waals surface area contributed by atoms with Gasteiger partial charge in [-0.2, -0.15) is 13.2 Å². The van der Waals surface area contributed by atoms with Crippen LogP contribution >= 0.6 is 0 Å². The van der Waals surface area contributed by atoms with Crippen molar-refractivity contribution in [2.45, 2.75) is 25.1 Å². The second kappa shape index (κ2) is 5.29. The van der Waals surface area contributed by atoms with Crippen LogP contribution in [0.4, 0.5) is 13.2 Å². The van der Waals surface area contributed by atoms with E-state index in [0.29, 0.717) is 12.0 Å². The van der Waals surface area contributed by atoms with E-state index in [1.165, 1.54) is 6.07 Å². The molecule has 0 spiro atoms. The summed E-state index contributed by atoms with van der Waals surface area (Å²) in [5, 5.41) is 0. The maximum absolute atomic E-state index is 12.7. The van der Waals surface area contributed by atoms with Crippen LogP contribution in [-0.2, 0) is 18.1 Å². The SMILES string of the molecule is CC(N)(Cc1cccc(C(F)(F)F)c1)c1ccccc1. The van der Waals surface area contributed by atoms with E-state index >= 15 is 0 Å². The molecule has 0 heterocycles. The van der Waals surface area contributed by atoms with Crippen LogP contribution in [0.1, 0.15) is 23.6 Å². The van der Waals surface area contributed by atoms with E-state index in [1.807, 2.05) is 37.3 Å². The van der Waals surface area contributed by atoms with Crippen molar-refractivity contribution >= 4 is 0 Å². The maximum atomic E-state index is 12.7. The summed E-state index contributed by atoms with van der Waals surface area (Å²) in [7, 11) is 0. The molecule has 2 N–H and O–H groups in total. The summed E-state index contributed by atoms with van der Waals surface area (Å²) in [6, 6.07) is 14.7. The van der Waals surface area contributed by atoms with Crippen molar-refractivity contribution in [3.63, 3.8) is 0 Å². The molecule has 0 radical (unpaired) electrons. The summed E-state index contributed by atoms with van der Waals surface area (Å²) >= 11 is 0. The van der Waals surface area contributed by atoms with Gasteiger partial charge in [0.05, 0.1) is 5.56 Å². The van der Waals surface area contributed by atoms with Crippen LogP contribution in [0, 0.1) is 0 Å². The molecule has 0 bridgehead atoms.